The Balaban J connectivity index is 2.00. The molecule has 4 nitrogen and oxygen atoms in total. The van der Waals surface area contributed by atoms with Crippen molar-refractivity contribution in [2.24, 2.45) is 5.92 Å². The van der Waals surface area contributed by atoms with E-state index in [0.717, 1.165) is 38.5 Å². The van der Waals surface area contributed by atoms with E-state index in [9.17, 15) is 9.90 Å². The molecule has 1 fully saturated rings. The van der Waals surface area contributed by atoms with Crippen molar-refractivity contribution < 1.29 is 19.4 Å². The average Bonchev–Trinajstić information content (AvgIpc) is 2.68. The van der Waals surface area contributed by atoms with Gasteiger partial charge in [0.15, 0.2) is 8.32 Å². The lowest BCUT2D eigenvalue weighted by Gasteiger charge is -2.39. The normalized spacial score (nSPS) is 23.4. The number of benzene rings is 1. The van der Waals surface area contributed by atoms with Crippen LogP contribution in [0.4, 0.5) is 0 Å². The van der Waals surface area contributed by atoms with Gasteiger partial charge in [0.2, 0.25) is 0 Å². The van der Waals surface area contributed by atoms with Gasteiger partial charge < -0.3 is 14.6 Å². The molecule has 2 rings (SSSR count). The molecule has 0 amide bonds. The van der Waals surface area contributed by atoms with E-state index < -0.39 is 19.9 Å². The molecule has 0 bridgehead atoms. The highest BCUT2D eigenvalue weighted by molar-refractivity contribution is 6.74. The van der Waals surface area contributed by atoms with Crippen LogP contribution in [-0.4, -0.2) is 36.2 Å². The van der Waals surface area contributed by atoms with Crippen molar-refractivity contribution in [2.75, 3.05) is 0 Å². The second kappa shape index (κ2) is 11.6. The summed E-state index contributed by atoms with van der Waals surface area (Å²) in [6.07, 6.45) is 11.6. The fraction of sp³-hybridized carbons (Fsp3) is 0.667. The predicted molar refractivity (Wildman–Crippen MR) is 134 cm³/mol. The zero-order valence-corrected chi connectivity index (χ0v) is 21.8. The number of hydrogen-bond acceptors (Lipinski definition) is 3. The van der Waals surface area contributed by atoms with Crippen LogP contribution in [0.25, 0.3) is 0 Å². The molecule has 1 aliphatic carbocycles. The van der Waals surface area contributed by atoms with Crippen LogP contribution in [0.1, 0.15) is 77.7 Å². The van der Waals surface area contributed by atoms with Crippen LogP contribution in [0.2, 0.25) is 18.1 Å². The topological polar surface area (TPSA) is 66.8 Å². The number of hydrogen-bond donors (Lipinski definition) is 2. The maximum atomic E-state index is 11.2. The number of carboxylic acid groups (broad SMARTS) is 1. The molecule has 0 radical (unpaired) electrons. The molecule has 0 spiro atoms. The first-order valence-corrected chi connectivity index (χ1v) is 15.2. The molecule has 1 aromatic carbocycles. The first-order chi connectivity index (χ1) is 14.9. The molecule has 3 unspecified atom stereocenters. The summed E-state index contributed by atoms with van der Waals surface area (Å²) < 4.78 is 6.76. The lowest BCUT2D eigenvalue weighted by molar-refractivity contribution is -0.144. The molecular weight excluding hydrogens is 416 g/mol. The van der Waals surface area contributed by atoms with Gasteiger partial charge in [0.25, 0.3) is 0 Å². The Morgan fingerprint density at radius 2 is 1.94 bits per heavy atom. The Labute approximate surface area is 196 Å². The summed E-state index contributed by atoms with van der Waals surface area (Å²) >= 11 is 0. The average molecular weight is 461 g/mol. The monoisotopic (exact) mass is 460 g/mol. The molecule has 0 aromatic heterocycles. The Morgan fingerprint density at radius 3 is 2.56 bits per heavy atom. The highest BCUT2D eigenvalue weighted by atomic mass is 28.4. The van der Waals surface area contributed by atoms with Gasteiger partial charge in [-0.05, 0) is 74.6 Å². The number of carbonyl (C=O) groups is 1. The van der Waals surface area contributed by atoms with Crippen molar-refractivity contribution in [3.63, 3.8) is 0 Å². The summed E-state index contributed by atoms with van der Waals surface area (Å²) in [5, 5.41) is 20.0. The Bertz CT molecular complexity index is 738. The number of carboxylic acids is 1. The maximum Gasteiger partial charge on any atom is 0.306 e. The van der Waals surface area contributed by atoms with E-state index in [0.29, 0.717) is 12.8 Å². The molecule has 1 aliphatic rings. The lowest BCUT2D eigenvalue weighted by Crippen LogP contribution is -2.43. The summed E-state index contributed by atoms with van der Waals surface area (Å²) in [6, 6.07) is 10.6. The summed E-state index contributed by atoms with van der Waals surface area (Å²) in [5.41, 5.74) is 0.301. The zero-order valence-electron chi connectivity index (χ0n) is 20.8. The molecule has 5 heteroatoms. The van der Waals surface area contributed by atoms with Crippen molar-refractivity contribution >= 4 is 14.3 Å². The van der Waals surface area contributed by atoms with Gasteiger partial charge in [-0.1, -0.05) is 69.7 Å². The van der Waals surface area contributed by atoms with Crippen molar-refractivity contribution in [1.82, 2.24) is 0 Å². The predicted octanol–water partition coefficient (Wildman–Crippen LogP) is 6.74. The number of allylic oxidation sites excluding steroid dienone is 1. The van der Waals surface area contributed by atoms with E-state index in [1.807, 2.05) is 0 Å². The van der Waals surface area contributed by atoms with E-state index in [1.54, 1.807) is 0 Å². The quantitative estimate of drug-likeness (QED) is 0.218. The van der Waals surface area contributed by atoms with Crippen LogP contribution < -0.4 is 0 Å². The van der Waals surface area contributed by atoms with Crippen molar-refractivity contribution in [3.05, 3.63) is 48.0 Å². The van der Waals surface area contributed by atoms with Gasteiger partial charge in [-0.2, -0.15) is 0 Å². The molecule has 2 N–H and O–H groups in total. The minimum atomic E-state index is -1.91. The van der Waals surface area contributed by atoms with Crippen molar-refractivity contribution in [1.29, 1.82) is 0 Å². The molecule has 180 valence electrons. The Morgan fingerprint density at radius 1 is 1.25 bits per heavy atom. The van der Waals surface area contributed by atoms with E-state index in [-0.39, 0.29) is 23.5 Å². The highest BCUT2D eigenvalue weighted by Crippen LogP contribution is 2.39. The zero-order chi connectivity index (χ0) is 23.8. The molecule has 32 heavy (non-hydrogen) atoms. The van der Waals surface area contributed by atoms with Crippen LogP contribution >= 0.6 is 0 Å². The van der Waals surface area contributed by atoms with Gasteiger partial charge in [0.1, 0.15) is 0 Å². The van der Waals surface area contributed by atoms with E-state index in [4.69, 9.17) is 9.53 Å². The third-order valence-electron chi connectivity index (χ3n) is 7.24. The number of rotatable bonds is 11. The van der Waals surface area contributed by atoms with E-state index in [1.165, 1.54) is 5.56 Å². The van der Waals surface area contributed by atoms with Gasteiger partial charge in [0.05, 0.1) is 18.1 Å². The minimum Gasteiger partial charge on any atom is -0.481 e. The summed E-state index contributed by atoms with van der Waals surface area (Å²) in [7, 11) is -1.91. The van der Waals surface area contributed by atoms with Crippen LogP contribution in [0.5, 0.6) is 0 Å². The molecule has 0 saturated heterocycles. The minimum absolute atomic E-state index is 0.0705. The summed E-state index contributed by atoms with van der Waals surface area (Å²) in [6.45, 7) is 11.4. The molecule has 1 aromatic rings. The molecule has 3 atom stereocenters. The van der Waals surface area contributed by atoms with Crippen LogP contribution in [0.15, 0.2) is 42.5 Å². The SMILES string of the molecule is CC(C)(C)[Si](C)(C)OC(/C=C/C1CCCC(O)(CC(=O)O)C1)CCCCc1ccccc1. The van der Waals surface area contributed by atoms with Crippen molar-refractivity contribution in [3.8, 4) is 0 Å². The third kappa shape index (κ3) is 8.84. The van der Waals surface area contributed by atoms with Crippen LogP contribution in [0.3, 0.4) is 0 Å². The van der Waals surface area contributed by atoms with Crippen LogP contribution in [-0.2, 0) is 15.6 Å². The maximum absolute atomic E-state index is 11.2. The van der Waals surface area contributed by atoms with Gasteiger partial charge in [-0.15, -0.1) is 0 Å². The number of aliphatic carboxylic acids is 1. The smallest absolute Gasteiger partial charge is 0.306 e. The molecular formula is C27H44O4Si. The number of aliphatic hydroxyl groups is 1. The first-order valence-electron chi connectivity index (χ1n) is 12.2. The van der Waals surface area contributed by atoms with Crippen LogP contribution in [0, 0.1) is 5.92 Å². The Hall–Kier alpha value is -1.43. The van der Waals surface area contributed by atoms with Gasteiger partial charge in [-0.3, -0.25) is 4.79 Å². The standard InChI is InChI=1S/C27H44O4Si/c1-26(2,3)32(4,5)31-24(16-10-9-14-22-12-7-6-8-13-22)18-17-23-15-11-19-27(30,20-23)21-25(28)29/h6-8,12-13,17-18,23-24,30H,9-11,14-16,19-21H2,1-5H3,(H,28,29)/b18-17+. The lowest BCUT2D eigenvalue weighted by atomic mass is 9.76. The fourth-order valence-corrected chi connectivity index (χ4v) is 5.65. The van der Waals surface area contributed by atoms with Gasteiger partial charge in [0, 0.05) is 0 Å². The molecule has 1 saturated carbocycles. The Kier molecular flexibility index (Phi) is 9.74. The second-order valence-corrected chi connectivity index (χ2v) is 15.9. The summed E-state index contributed by atoms with van der Waals surface area (Å²) in [5.74, 6) is -0.711. The summed E-state index contributed by atoms with van der Waals surface area (Å²) in [4.78, 5) is 11.2. The molecule has 0 aliphatic heterocycles. The largest absolute Gasteiger partial charge is 0.481 e. The first kappa shape index (κ1) is 26.8. The van der Waals surface area contributed by atoms with E-state index in [2.05, 4.69) is 76.3 Å². The second-order valence-electron chi connectivity index (χ2n) is 11.2. The number of aryl methyl sites for hydroxylation is 1. The van der Waals surface area contributed by atoms with Crippen molar-refractivity contribution in [2.45, 2.75) is 108 Å². The highest BCUT2D eigenvalue weighted by Gasteiger charge is 2.39. The van der Waals surface area contributed by atoms with Gasteiger partial charge >= 0.3 is 5.97 Å². The van der Waals surface area contributed by atoms with Gasteiger partial charge in [-0.25, -0.2) is 0 Å². The van der Waals surface area contributed by atoms with E-state index >= 15 is 0 Å². The number of unbranched alkanes of at least 4 members (excludes halogenated alkanes) is 1. The fourth-order valence-electron chi connectivity index (χ4n) is 4.34. The third-order valence-corrected chi connectivity index (χ3v) is 11.7. The molecule has 0 heterocycles.